The van der Waals surface area contributed by atoms with Gasteiger partial charge in [0, 0.05) is 6.07 Å². The van der Waals surface area contributed by atoms with Crippen molar-refractivity contribution in [1.29, 1.82) is 0 Å². The highest BCUT2D eigenvalue weighted by molar-refractivity contribution is 5.10. The third-order valence-electron chi connectivity index (χ3n) is 1.27. The summed E-state index contributed by atoms with van der Waals surface area (Å²) in [5.74, 6) is 0.567. The van der Waals surface area contributed by atoms with Crippen molar-refractivity contribution in [3.63, 3.8) is 0 Å². The molecule has 0 saturated carbocycles. The molecule has 0 aliphatic rings. The van der Waals surface area contributed by atoms with Gasteiger partial charge in [-0.3, -0.25) is 0 Å². The number of nitrogens with zero attached hydrogens (tertiary/aromatic N) is 2. The molecule has 0 amide bonds. The summed E-state index contributed by atoms with van der Waals surface area (Å²) in [5, 5.41) is 7.69. The number of rotatable bonds is 2. The Morgan fingerprint density at radius 1 is 1.40 bits per heavy atom. The van der Waals surface area contributed by atoms with Crippen LogP contribution in [0.25, 0.3) is 0 Å². The van der Waals surface area contributed by atoms with E-state index in [1.165, 1.54) is 0 Å². The molecule has 3 heteroatoms. The Bertz CT molecular complexity index is 172. The fourth-order valence-corrected chi connectivity index (χ4v) is 0.645. The molecule has 0 radical (unpaired) electrons. The van der Waals surface area contributed by atoms with Gasteiger partial charge in [-0.25, -0.2) is 0 Å². The summed E-state index contributed by atoms with van der Waals surface area (Å²) in [7, 11) is 1.58. The maximum atomic E-state index is 4.84. The van der Waals surface area contributed by atoms with Crippen molar-refractivity contribution < 1.29 is 4.74 Å². The van der Waals surface area contributed by atoms with Crippen LogP contribution in [0.5, 0.6) is 5.88 Å². The fraction of sp³-hybridized carbons (Fsp3) is 0.429. The van der Waals surface area contributed by atoms with Crippen molar-refractivity contribution in [3.8, 4) is 5.88 Å². The zero-order valence-electron chi connectivity index (χ0n) is 6.16. The smallest absolute Gasteiger partial charge is 0.233 e. The van der Waals surface area contributed by atoms with Crippen LogP contribution in [0.4, 0.5) is 0 Å². The lowest BCUT2D eigenvalue weighted by Crippen LogP contribution is -1.93. The molecular weight excluding hydrogens is 128 g/mol. The summed E-state index contributed by atoms with van der Waals surface area (Å²) in [6, 6.07) is 3.72. The van der Waals surface area contributed by atoms with Gasteiger partial charge in [0.2, 0.25) is 5.88 Å². The molecule has 0 spiro atoms. The highest BCUT2D eigenvalue weighted by Crippen LogP contribution is 2.02. The van der Waals surface area contributed by atoms with Gasteiger partial charge in [0.05, 0.1) is 12.8 Å². The molecule has 10 heavy (non-hydrogen) atoms. The van der Waals surface area contributed by atoms with Gasteiger partial charge < -0.3 is 4.74 Å². The quantitative estimate of drug-likeness (QED) is 0.612. The van der Waals surface area contributed by atoms with Gasteiger partial charge in [-0.15, -0.1) is 5.10 Å². The standard InChI is InChI=1S/C7H10N2O/c1-3-6-4-5-7(10-2)9-8-6/h4-5H,3H2,1-2H3. The van der Waals surface area contributed by atoms with Crippen LogP contribution >= 0.6 is 0 Å². The number of ether oxygens (including phenoxy) is 1. The maximum absolute atomic E-state index is 4.84. The van der Waals surface area contributed by atoms with Gasteiger partial charge in [0.1, 0.15) is 0 Å². The molecule has 0 N–H and O–H groups in total. The van der Waals surface area contributed by atoms with Gasteiger partial charge in [-0.2, -0.15) is 5.10 Å². The average molecular weight is 138 g/mol. The summed E-state index contributed by atoms with van der Waals surface area (Å²) in [6.07, 6.45) is 0.914. The van der Waals surface area contributed by atoms with Gasteiger partial charge in [-0.1, -0.05) is 6.92 Å². The Morgan fingerprint density at radius 3 is 2.60 bits per heavy atom. The second-order valence-electron chi connectivity index (χ2n) is 1.92. The van der Waals surface area contributed by atoms with Crippen LogP contribution in [-0.4, -0.2) is 17.3 Å². The topological polar surface area (TPSA) is 35.0 Å². The Morgan fingerprint density at radius 2 is 2.20 bits per heavy atom. The summed E-state index contributed by atoms with van der Waals surface area (Å²) in [6.45, 7) is 2.04. The minimum Gasteiger partial charge on any atom is -0.480 e. The first-order valence-corrected chi connectivity index (χ1v) is 3.23. The molecular formula is C7H10N2O. The SMILES string of the molecule is CCc1ccc(OC)nn1. The predicted molar refractivity (Wildman–Crippen MR) is 38.0 cm³/mol. The Kier molecular flexibility index (Phi) is 2.20. The Balaban J connectivity index is 2.80. The van der Waals surface area contributed by atoms with E-state index < -0.39 is 0 Å². The largest absolute Gasteiger partial charge is 0.480 e. The van der Waals surface area contributed by atoms with E-state index in [9.17, 15) is 0 Å². The van der Waals surface area contributed by atoms with Crippen LogP contribution in [0.3, 0.4) is 0 Å². The highest BCUT2D eigenvalue weighted by atomic mass is 16.5. The first-order chi connectivity index (χ1) is 4.86. The second kappa shape index (κ2) is 3.15. The average Bonchev–Trinajstić information content (AvgIpc) is 2.05. The maximum Gasteiger partial charge on any atom is 0.233 e. The number of hydrogen-bond acceptors (Lipinski definition) is 3. The van der Waals surface area contributed by atoms with E-state index in [0.717, 1.165) is 12.1 Å². The zero-order valence-corrected chi connectivity index (χ0v) is 6.16. The minimum atomic E-state index is 0.567. The molecule has 1 rings (SSSR count). The molecule has 1 heterocycles. The second-order valence-corrected chi connectivity index (χ2v) is 1.92. The predicted octanol–water partition coefficient (Wildman–Crippen LogP) is 1.05. The van der Waals surface area contributed by atoms with Crippen LogP contribution in [0.2, 0.25) is 0 Å². The van der Waals surface area contributed by atoms with E-state index >= 15 is 0 Å². The molecule has 0 fully saturated rings. The first-order valence-electron chi connectivity index (χ1n) is 3.23. The first kappa shape index (κ1) is 6.99. The third-order valence-corrected chi connectivity index (χ3v) is 1.27. The normalized spacial score (nSPS) is 9.40. The zero-order chi connectivity index (χ0) is 7.40. The lowest BCUT2D eigenvalue weighted by molar-refractivity contribution is 0.391. The molecule has 3 nitrogen and oxygen atoms in total. The van der Waals surface area contributed by atoms with Crippen LogP contribution in [0.1, 0.15) is 12.6 Å². The van der Waals surface area contributed by atoms with Crippen molar-refractivity contribution in [3.05, 3.63) is 17.8 Å². The van der Waals surface area contributed by atoms with Crippen LogP contribution in [-0.2, 0) is 6.42 Å². The van der Waals surface area contributed by atoms with E-state index in [1.807, 2.05) is 19.1 Å². The number of hydrogen-bond donors (Lipinski definition) is 0. The van der Waals surface area contributed by atoms with E-state index in [-0.39, 0.29) is 0 Å². The molecule has 1 aromatic rings. The molecule has 1 aromatic heterocycles. The molecule has 0 aliphatic carbocycles. The molecule has 0 atom stereocenters. The van der Waals surface area contributed by atoms with Crippen LogP contribution < -0.4 is 4.74 Å². The van der Waals surface area contributed by atoms with Crippen molar-refractivity contribution >= 4 is 0 Å². The lowest BCUT2D eigenvalue weighted by atomic mass is 10.3. The lowest BCUT2D eigenvalue weighted by Gasteiger charge is -1.96. The summed E-state index contributed by atoms with van der Waals surface area (Å²) < 4.78 is 4.84. The third kappa shape index (κ3) is 1.43. The van der Waals surface area contributed by atoms with Crippen molar-refractivity contribution in [2.75, 3.05) is 7.11 Å². The van der Waals surface area contributed by atoms with Crippen molar-refractivity contribution in [1.82, 2.24) is 10.2 Å². The number of methoxy groups -OCH3 is 1. The van der Waals surface area contributed by atoms with E-state index in [4.69, 9.17) is 4.74 Å². The fourth-order valence-electron chi connectivity index (χ4n) is 0.645. The van der Waals surface area contributed by atoms with Crippen molar-refractivity contribution in [2.45, 2.75) is 13.3 Å². The van der Waals surface area contributed by atoms with Crippen LogP contribution in [0.15, 0.2) is 12.1 Å². The van der Waals surface area contributed by atoms with Gasteiger partial charge in [-0.05, 0) is 12.5 Å². The summed E-state index contributed by atoms with van der Waals surface area (Å²) in [5.41, 5.74) is 0.987. The number of aryl methyl sites for hydroxylation is 1. The minimum absolute atomic E-state index is 0.567. The highest BCUT2D eigenvalue weighted by Gasteiger charge is 1.92. The monoisotopic (exact) mass is 138 g/mol. The van der Waals surface area contributed by atoms with Gasteiger partial charge in [0.25, 0.3) is 0 Å². The van der Waals surface area contributed by atoms with Crippen LogP contribution in [0, 0.1) is 0 Å². The molecule has 0 saturated heterocycles. The van der Waals surface area contributed by atoms with E-state index in [1.54, 1.807) is 7.11 Å². The Labute approximate surface area is 60.0 Å². The summed E-state index contributed by atoms with van der Waals surface area (Å²) >= 11 is 0. The molecule has 54 valence electrons. The van der Waals surface area contributed by atoms with Gasteiger partial charge >= 0.3 is 0 Å². The Hall–Kier alpha value is -1.12. The van der Waals surface area contributed by atoms with E-state index in [2.05, 4.69) is 10.2 Å². The van der Waals surface area contributed by atoms with Crippen molar-refractivity contribution in [2.24, 2.45) is 0 Å². The molecule has 0 unspecified atom stereocenters. The van der Waals surface area contributed by atoms with Gasteiger partial charge in [0.15, 0.2) is 0 Å². The van der Waals surface area contributed by atoms with E-state index in [0.29, 0.717) is 5.88 Å². The summed E-state index contributed by atoms with van der Waals surface area (Å²) in [4.78, 5) is 0. The molecule has 0 aliphatic heterocycles. The molecule has 0 bridgehead atoms. The number of aromatic nitrogens is 2. The molecule has 0 aromatic carbocycles.